The van der Waals surface area contributed by atoms with Gasteiger partial charge in [0, 0.05) is 25.7 Å². The second-order valence-corrected chi connectivity index (χ2v) is 5.92. The summed E-state index contributed by atoms with van der Waals surface area (Å²) in [6.07, 6.45) is 8.65. The van der Waals surface area contributed by atoms with Crippen LogP contribution in [0.25, 0.3) is 0 Å². The third-order valence-corrected chi connectivity index (χ3v) is 4.64. The van der Waals surface area contributed by atoms with E-state index in [4.69, 9.17) is 4.74 Å². The number of hydrogen-bond donors (Lipinski definition) is 1. The van der Waals surface area contributed by atoms with Gasteiger partial charge in [-0.15, -0.1) is 0 Å². The minimum atomic E-state index is 0.486. The van der Waals surface area contributed by atoms with Crippen LogP contribution in [0, 0.1) is 5.92 Å². The van der Waals surface area contributed by atoms with Crippen LogP contribution in [0.3, 0.4) is 0 Å². The van der Waals surface area contributed by atoms with Crippen molar-refractivity contribution in [3.8, 4) is 0 Å². The van der Waals surface area contributed by atoms with E-state index in [9.17, 15) is 0 Å². The Bertz CT molecular complexity index is 233. The van der Waals surface area contributed by atoms with Crippen molar-refractivity contribution < 1.29 is 4.74 Å². The van der Waals surface area contributed by atoms with Gasteiger partial charge in [-0.1, -0.05) is 12.8 Å². The Morgan fingerprint density at radius 3 is 2.78 bits per heavy atom. The van der Waals surface area contributed by atoms with Gasteiger partial charge < -0.3 is 15.0 Å². The van der Waals surface area contributed by atoms with Crippen molar-refractivity contribution in [2.45, 2.75) is 57.6 Å². The van der Waals surface area contributed by atoms with Crippen molar-refractivity contribution in [3.63, 3.8) is 0 Å². The number of hydrogen-bond acceptors (Lipinski definition) is 3. The molecule has 1 saturated heterocycles. The largest absolute Gasteiger partial charge is 0.377 e. The first-order valence-corrected chi connectivity index (χ1v) is 7.84. The van der Waals surface area contributed by atoms with E-state index in [1.54, 1.807) is 0 Å². The summed E-state index contributed by atoms with van der Waals surface area (Å²) in [5.74, 6) is 0.851. The van der Waals surface area contributed by atoms with Crippen LogP contribution in [0.4, 0.5) is 0 Å². The third-order valence-electron chi connectivity index (χ3n) is 4.64. The molecule has 2 fully saturated rings. The molecule has 0 aromatic carbocycles. The Kier molecular flexibility index (Phi) is 5.93. The van der Waals surface area contributed by atoms with Gasteiger partial charge in [0.15, 0.2) is 0 Å². The Labute approximate surface area is 112 Å². The number of likely N-dealkylation sites (tertiary alicyclic amines) is 1. The Morgan fingerprint density at radius 2 is 2.00 bits per heavy atom. The SMILES string of the molecule is CCO[C@@H]1CCCN(C[C@@H]2CCCC[C@H]2NC)C1. The van der Waals surface area contributed by atoms with Gasteiger partial charge in [-0.05, 0) is 52.1 Å². The van der Waals surface area contributed by atoms with E-state index < -0.39 is 0 Å². The molecule has 0 spiro atoms. The second kappa shape index (κ2) is 7.46. The molecular weight excluding hydrogens is 224 g/mol. The summed E-state index contributed by atoms with van der Waals surface area (Å²) in [4.78, 5) is 2.64. The minimum absolute atomic E-state index is 0.486. The Balaban J connectivity index is 1.80. The molecule has 0 aromatic rings. The molecular formula is C15H30N2O. The fourth-order valence-electron chi connectivity index (χ4n) is 3.69. The van der Waals surface area contributed by atoms with Gasteiger partial charge in [-0.3, -0.25) is 0 Å². The summed E-state index contributed by atoms with van der Waals surface area (Å²) in [6.45, 7) is 6.67. The molecule has 2 aliphatic rings. The summed E-state index contributed by atoms with van der Waals surface area (Å²) < 4.78 is 5.80. The number of ether oxygens (including phenoxy) is 1. The third kappa shape index (κ3) is 3.94. The molecule has 1 heterocycles. The average Bonchev–Trinajstić information content (AvgIpc) is 2.40. The highest BCUT2D eigenvalue weighted by Gasteiger charge is 2.28. The van der Waals surface area contributed by atoms with Crippen molar-refractivity contribution >= 4 is 0 Å². The molecule has 0 unspecified atom stereocenters. The zero-order chi connectivity index (χ0) is 12.8. The Morgan fingerprint density at radius 1 is 1.17 bits per heavy atom. The summed E-state index contributed by atoms with van der Waals surface area (Å²) in [6, 6.07) is 0.742. The predicted octanol–water partition coefficient (Wildman–Crippen LogP) is 2.27. The van der Waals surface area contributed by atoms with Gasteiger partial charge in [-0.2, -0.15) is 0 Å². The van der Waals surface area contributed by atoms with Crippen LogP contribution >= 0.6 is 0 Å². The highest BCUT2D eigenvalue weighted by Crippen LogP contribution is 2.26. The lowest BCUT2D eigenvalue weighted by molar-refractivity contribution is -0.00136. The van der Waals surface area contributed by atoms with Crippen LogP contribution in [0.5, 0.6) is 0 Å². The van der Waals surface area contributed by atoms with E-state index in [1.807, 2.05) is 0 Å². The lowest BCUT2D eigenvalue weighted by Crippen LogP contribution is -2.47. The average molecular weight is 254 g/mol. The van der Waals surface area contributed by atoms with E-state index in [-0.39, 0.29) is 0 Å². The molecule has 1 aliphatic carbocycles. The molecule has 3 nitrogen and oxygen atoms in total. The quantitative estimate of drug-likeness (QED) is 0.814. The van der Waals surface area contributed by atoms with Crippen LogP contribution in [0.2, 0.25) is 0 Å². The first-order chi connectivity index (χ1) is 8.83. The monoisotopic (exact) mass is 254 g/mol. The second-order valence-electron chi connectivity index (χ2n) is 5.92. The van der Waals surface area contributed by atoms with Crippen LogP contribution in [-0.2, 0) is 4.74 Å². The molecule has 1 saturated carbocycles. The van der Waals surface area contributed by atoms with Gasteiger partial charge >= 0.3 is 0 Å². The van der Waals surface area contributed by atoms with Crippen molar-refractivity contribution in [2.75, 3.05) is 33.3 Å². The molecule has 0 aromatic heterocycles. The zero-order valence-corrected chi connectivity index (χ0v) is 12.2. The van der Waals surface area contributed by atoms with Crippen molar-refractivity contribution in [1.82, 2.24) is 10.2 Å². The molecule has 3 heteroatoms. The summed E-state index contributed by atoms with van der Waals surface area (Å²) in [5.41, 5.74) is 0. The number of nitrogens with zero attached hydrogens (tertiary/aromatic N) is 1. The molecule has 1 N–H and O–H groups in total. The number of rotatable bonds is 5. The minimum Gasteiger partial charge on any atom is -0.377 e. The smallest absolute Gasteiger partial charge is 0.0702 e. The maximum Gasteiger partial charge on any atom is 0.0702 e. The molecule has 0 bridgehead atoms. The number of nitrogens with one attached hydrogen (secondary N) is 1. The van der Waals surface area contributed by atoms with E-state index in [2.05, 4.69) is 24.2 Å². The van der Waals surface area contributed by atoms with E-state index in [0.717, 1.165) is 25.1 Å². The summed E-state index contributed by atoms with van der Waals surface area (Å²) in [5, 5.41) is 3.52. The molecule has 18 heavy (non-hydrogen) atoms. The highest BCUT2D eigenvalue weighted by molar-refractivity contribution is 4.84. The van der Waals surface area contributed by atoms with E-state index in [0.29, 0.717) is 6.10 Å². The maximum absolute atomic E-state index is 5.80. The fraction of sp³-hybridized carbons (Fsp3) is 1.00. The molecule has 0 radical (unpaired) electrons. The zero-order valence-electron chi connectivity index (χ0n) is 12.2. The van der Waals surface area contributed by atoms with Crippen LogP contribution < -0.4 is 5.32 Å². The topological polar surface area (TPSA) is 24.5 Å². The van der Waals surface area contributed by atoms with Crippen molar-refractivity contribution in [3.05, 3.63) is 0 Å². The maximum atomic E-state index is 5.80. The van der Waals surface area contributed by atoms with Gasteiger partial charge in [-0.25, -0.2) is 0 Å². The van der Waals surface area contributed by atoms with E-state index in [1.165, 1.54) is 51.6 Å². The molecule has 3 atom stereocenters. The van der Waals surface area contributed by atoms with Gasteiger partial charge in [0.25, 0.3) is 0 Å². The highest BCUT2D eigenvalue weighted by atomic mass is 16.5. The number of piperidine rings is 1. The van der Waals surface area contributed by atoms with Gasteiger partial charge in [0.2, 0.25) is 0 Å². The van der Waals surface area contributed by atoms with Crippen molar-refractivity contribution in [1.29, 1.82) is 0 Å². The van der Waals surface area contributed by atoms with E-state index >= 15 is 0 Å². The lowest BCUT2D eigenvalue weighted by atomic mass is 9.84. The molecule has 1 aliphatic heterocycles. The van der Waals surface area contributed by atoms with Crippen molar-refractivity contribution in [2.24, 2.45) is 5.92 Å². The Hall–Kier alpha value is -0.120. The molecule has 0 amide bonds. The summed E-state index contributed by atoms with van der Waals surface area (Å²) >= 11 is 0. The molecule has 2 rings (SSSR count). The molecule has 106 valence electrons. The van der Waals surface area contributed by atoms with Crippen LogP contribution in [-0.4, -0.2) is 50.3 Å². The first kappa shape index (κ1) is 14.3. The lowest BCUT2D eigenvalue weighted by Gasteiger charge is -2.38. The first-order valence-electron chi connectivity index (χ1n) is 7.84. The van der Waals surface area contributed by atoms with Gasteiger partial charge in [0.1, 0.15) is 0 Å². The normalized spacial score (nSPS) is 34.7. The van der Waals surface area contributed by atoms with Crippen LogP contribution in [0.1, 0.15) is 45.4 Å². The van der Waals surface area contributed by atoms with Crippen LogP contribution in [0.15, 0.2) is 0 Å². The van der Waals surface area contributed by atoms with Gasteiger partial charge in [0.05, 0.1) is 6.10 Å². The fourth-order valence-corrected chi connectivity index (χ4v) is 3.69. The predicted molar refractivity (Wildman–Crippen MR) is 75.9 cm³/mol. The standard InChI is InChI=1S/C15H30N2O/c1-3-18-14-8-6-10-17(12-14)11-13-7-4-5-9-15(13)16-2/h13-16H,3-12H2,1-2H3/t13-,14+,15+/m0/s1. The summed E-state index contributed by atoms with van der Waals surface area (Å²) in [7, 11) is 2.13.